The first kappa shape index (κ1) is 10.2. The highest BCUT2D eigenvalue weighted by atomic mass is 32.2. The summed E-state index contributed by atoms with van der Waals surface area (Å²) in [5, 5.41) is 17.1. The van der Waals surface area contributed by atoms with E-state index in [2.05, 4.69) is 12.6 Å². The van der Waals surface area contributed by atoms with Crippen molar-refractivity contribution in [2.75, 3.05) is 12.9 Å². The van der Waals surface area contributed by atoms with E-state index in [0.717, 1.165) is 6.26 Å². The molecule has 2 N–H and O–H groups in total. The third-order valence-electron chi connectivity index (χ3n) is 0.955. The molecule has 0 saturated heterocycles. The molecule has 0 aromatic heterocycles. The lowest BCUT2D eigenvalue weighted by Gasteiger charge is -2.12. The topological polar surface area (TPSA) is 74.6 Å². The second-order valence-corrected chi connectivity index (χ2v) is 5.04. The summed E-state index contributed by atoms with van der Waals surface area (Å²) in [4.78, 5) is 0. The van der Waals surface area contributed by atoms with Crippen molar-refractivity contribution in [3.05, 3.63) is 0 Å². The highest BCUT2D eigenvalue weighted by molar-refractivity contribution is 8.04. The minimum absolute atomic E-state index is 0.596. The van der Waals surface area contributed by atoms with Crippen LogP contribution in [-0.2, 0) is 9.84 Å². The van der Waals surface area contributed by atoms with Crippen molar-refractivity contribution >= 4 is 22.5 Å². The molecule has 0 aliphatic heterocycles. The molecular formula is C4H10O4S2. The van der Waals surface area contributed by atoms with E-state index in [9.17, 15) is 8.42 Å². The average molecular weight is 186 g/mol. The normalized spacial score (nSPS) is 18.4. The van der Waals surface area contributed by atoms with Crippen LogP contribution in [0, 0.1) is 0 Å². The number of rotatable bonds is 3. The maximum atomic E-state index is 10.6. The predicted molar refractivity (Wildman–Crippen MR) is 40.7 cm³/mol. The Bertz CT molecular complexity index is 185. The van der Waals surface area contributed by atoms with Gasteiger partial charge in [-0.2, -0.15) is 12.6 Å². The van der Waals surface area contributed by atoms with Gasteiger partial charge >= 0.3 is 0 Å². The van der Waals surface area contributed by atoms with E-state index in [1.807, 2.05) is 0 Å². The van der Waals surface area contributed by atoms with E-state index in [-0.39, 0.29) is 0 Å². The summed E-state index contributed by atoms with van der Waals surface area (Å²) in [7, 11) is -3.36. The minimum atomic E-state index is -3.36. The van der Waals surface area contributed by atoms with E-state index in [1.54, 1.807) is 0 Å². The Labute approximate surface area is 65.2 Å². The van der Waals surface area contributed by atoms with Gasteiger partial charge in [-0.25, -0.2) is 8.42 Å². The third-order valence-corrected chi connectivity index (χ3v) is 3.64. The zero-order chi connectivity index (χ0) is 8.36. The molecule has 0 aromatic rings. The molecule has 10 heavy (non-hydrogen) atoms. The second kappa shape index (κ2) is 3.56. The van der Waals surface area contributed by atoms with Gasteiger partial charge in [-0.1, -0.05) is 0 Å². The van der Waals surface area contributed by atoms with Gasteiger partial charge in [0.2, 0.25) is 0 Å². The first-order valence-electron chi connectivity index (χ1n) is 2.55. The van der Waals surface area contributed by atoms with Crippen LogP contribution in [0.25, 0.3) is 0 Å². The van der Waals surface area contributed by atoms with Crippen LogP contribution in [0.5, 0.6) is 0 Å². The maximum Gasteiger partial charge on any atom is 0.161 e. The molecular weight excluding hydrogens is 176 g/mol. The lowest BCUT2D eigenvalue weighted by Crippen LogP contribution is -2.31. The van der Waals surface area contributed by atoms with Crippen molar-refractivity contribution in [2.45, 2.75) is 10.7 Å². The third kappa shape index (κ3) is 2.87. The summed E-state index contributed by atoms with van der Waals surface area (Å²) >= 11 is 3.59. The largest absolute Gasteiger partial charge is 0.394 e. The lowest BCUT2D eigenvalue weighted by atomic mass is 10.4. The predicted octanol–water partition coefficient (Wildman–Crippen LogP) is -1.36. The molecule has 2 unspecified atom stereocenters. The number of thiol groups is 1. The van der Waals surface area contributed by atoms with Gasteiger partial charge in [0, 0.05) is 6.26 Å². The number of aliphatic hydroxyl groups is 2. The number of hydrogen-bond acceptors (Lipinski definition) is 5. The maximum absolute atomic E-state index is 10.6. The summed E-state index contributed by atoms with van der Waals surface area (Å²) in [5.41, 5.74) is 0. The first-order valence-corrected chi connectivity index (χ1v) is 5.02. The highest BCUT2D eigenvalue weighted by Gasteiger charge is 2.23. The van der Waals surface area contributed by atoms with Gasteiger partial charge in [0.05, 0.1) is 6.61 Å². The second-order valence-electron chi connectivity index (χ2n) is 1.97. The van der Waals surface area contributed by atoms with Crippen molar-refractivity contribution in [1.29, 1.82) is 0 Å². The van der Waals surface area contributed by atoms with Gasteiger partial charge < -0.3 is 10.2 Å². The molecule has 0 fully saturated rings. The molecule has 0 bridgehead atoms. The van der Waals surface area contributed by atoms with Crippen LogP contribution in [0.2, 0.25) is 0 Å². The van der Waals surface area contributed by atoms with E-state index in [0.29, 0.717) is 0 Å². The standard InChI is InChI=1S/C4H10O4S2/c1-10(7,8)4(9)3(6)2-5/h3-6,9H,2H2,1H3. The molecule has 0 spiro atoms. The van der Waals surface area contributed by atoms with Crippen molar-refractivity contribution in [1.82, 2.24) is 0 Å². The average Bonchev–Trinajstić information content (AvgIpc) is 1.83. The van der Waals surface area contributed by atoms with Crippen molar-refractivity contribution in [3.63, 3.8) is 0 Å². The molecule has 2 atom stereocenters. The van der Waals surface area contributed by atoms with Crippen LogP contribution in [0.15, 0.2) is 0 Å². The molecule has 0 aromatic carbocycles. The Morgan fingerprint density at radius 3 is 2.10 bits per heavy atom. The number of aliphatic hydroxyl groups excluding tert-OH is 2. The van der Waals surface area contributed by atoms with Gasteiger partial charge in [-0.05, 0) is 0 Å². The quantitative estimate of drug-likeness (QED) is 0.476. The van der Waals surface area contributed by atoms with Crippen LogP contribution >= 0.6 is 12.6 Å². The molecule has 6 heteroatoms. The Balaban J connectivity index is 4.23. The van der Waals surface area contributed by atoms with Crippen LogP contribution in [0.3, 0.4) is 0 Å². The lowest BCUT2D eigenvalue weighted by molar-refractivity contribution is 0.107. The summed E-state index contributed by atoms with van der Waals surface area (Å²) in [6, 6.07) is 0. The zero-order valence-electron chi connectivity index (χ0n) is 5.43. The summed E-state index contributed by atoms with van der Waals surface area (Å²) in [5.74, 6) is 0. The van der Waals surface area contributed by atoms with Gasteiger partial charge in [0.1, 0.15) is 10.7 Å². The first-order chi connectivity index (χ1) is 4.39. The molecule has 0 amide bonds. The molecule has 0 aliphatic rings. The van der Waals surface area contributed by atoms with Crippen LogP contribution in [-0.4, -0.2) is 42.2 Å². The van der Waals surface area contributed by atoms with Crippen LogP contribution < -0.4 is 0 Å². The fourth-order valence-corrected chi connectivity index (χ4v) is 1.13. The van der Waals surface area contributed by atoms with Gasteiger partial charge in [-0.3, -0.25) is 0 Å². The van der Waals surface area contributed by atoms with E-state index < -0.39 is 27.1 Å². The summed E-state index contributed by atoms with van der Waals surface area (Å²) in [6.07, 6.45) is -0.359. The van der Waals surface area contributed by atoms with Gasteiger partial charge in [0.15, 0.2) is 9.84 Å². The fraction of sp³-hybridized carbons (Fsp3) is 1.00. The smallest absolute Gasteiger partial charge is 0.161 e. The fourth-order valence-electron chi connectivity index (χ4n) is 0.376. The Morgan fingerprint density at radius 1 is 1.60 bits per heavy atom. The van der Waals surface area contributed by atoms with Gasteiger partial charge in [0.25, 0.3) is 0 Å². The molecule has 4 nitrogen and oxygen atoms in total. The molecule has 62 valence electrons. The Hall–Kier alpha value is 0.220. The number of hydrogen-bond donors (Lipinski definition) is 3. The van der Waals surface area contributed by atoms with E-state index in [4.69, 9.17) is 10.2 Å². The van der Waals surface area contributed by atoms with Crippen molar-refractivity contribution in [3.8, 4) is 0 Å². The molecule has 0 aliphatic carbocycles. The van der Waals surface area contributed by atoms with E-state index >= 15 is 0 Å². The minimum Gasteiger partial charge on any atom is -0.394 e. The Kier molecular flexibility index (Phi) is 3.64. The van der Waals surface area contributed by atoms with E-state index in [1.165, 1.54) is 0 Å². The Morgan fingerprint density at radius 2 is 2.00 bits per heavy atom. The summed E-state index contributed by atoms with van der Waals surface area (Å²) < 4.78 is 20.0. The monoisotopic (exact) mass is 186 g/mol. The van der Waals surface area contributed by atoms with Crippen molar-refractivity contribution < 1.29 is 18.6 Å². The molecule has 0 saturated carbocycles. The molecule has 0 heterocycles. The van der Waals surface area contributed by atoms with Crippen LogP contribution in [0.1, 0.15) is 0 Å². The van der Waals surface area contributed by atoms with Gasteiger partial charge in [-0.15, -0.1) is 0 Å². The summed E-state index contributed by atoms with van der Waals surface area (Å²) in [6.45, 7) is -0.596. The highest BCUT2D eigenvalue weighted by Crippen LogP contribution is 2.08. The van der Waals surface area contributed by atoms with Crippen LogP contribution in [0.4, 0.5) is 0 Å². The molecule has 0 rings (SSSR count). The molecule has 0 radical (unpaired) electrons. The van der Waals surface area contributed by atoms with Crippen molar-refractivity contribution in [2.24, 2.45) is 0 Å². The SMILES string of the molecule is CS(=O)(=O)C(S)C(O)CO. The zero-order valence-corrected chi connectivity index (χ0v) is 7.14. The number of sulfone groups is 1.